The summed E-state index contributed by atoms with van der Waals surface area (Å²) in [5, 5.41) is 19.3. The highest BCUT2D eigenvalue weighted by molar-refractivity contribution is 8.00. The molecule has 2 heterocycles. The molecule has 2 rings (SSSR count). The molecule has 1 saturated heterocycles. The monoisotopic (exact) mass is 302 g/mol. The van der Waals surface area contributed by atoms with Crippen molar-refractivity contribution in [3.8, 4) is 0 Å². The zero-order chi connectivity index (χ0) is 14.2. The molecule has 1 aliphatic rings. The Morgan fingerprint density at radius 2 is 2.21 bits per heavy atom. The number of hydrogen-bond acceptors (Lipinski definition) is 6. The molecule has 1 aromatic heterocycles. The van der Waals surface area contributed by atoms with Gasteiger partial charge < -0.3 is 10.0 Å². The Hall–Kier alpha value is -1.61. The maximum Gasteiger partial charge on any atom is 0.327 e. The van der Waals surface area contributed by atoms with E-state index >= 15 is 0 Å². The molecular formula is C10H10N2O5S2. The topological polar surface area (TPSA) is 101 Å². The molecular weight excluding hydrogens is 292 g/mol. The lowest BCUT2D eigenvalue weighted by molar-refractivity contribution is -0.380. The van der Waals surface area contributed by atoms with Gasteiger partial charge in [-0.15, -0.1) is 11.8 Å². The molecule has 102 valence electrons. The number of aliphatic carboxylic acids is 1. The number of nitro groups is 1. The van der Waals surface area contributed by atoms with Crippen molar-refractivity contribution in [2.45, 2.75) is 18.3 Å². The fraction of sp³-hybridized carbons (Fsp3) is 0.400. The smallest absolute Gasteiger partial charge is 0.327 e. The highest BCUT2D eigenvalue weighted by Gasteiger charge is 2.40. The summed E-state index contributed by atoms with van der Waals surface area (Å²) in [6.45, 7) is 1.74. The molecule has 0 spiro atoms. The van der Waals surface area contributed by atoms with Crippen LogP contribution in [0.1, 0.15) is 16.6 Å². The summed E-state index contributed by atoms with van der Waals surface area (Å²) < 4.78 is 0. The number of rotatable bonds is 3. The van der Waals surface area contributed by atoms with Crippen molar-refractivity contribution in [2.75, 3.05) is 5.75 Å². The van der Waals surface area contributed by atoms with Crippen molar-refractivity contribution in [3.63, 3.8) is 0 Å². The summed E-state index contributed by atoms with van der Waals surface area (Å²) in [4.78, 5) is 34.8. The molecule has 1 aromatic rings. The van der Waals surface area contributed by atoms with Gasteiger partial charge in [-0.05, 0) is 13.0 Å². The van der Waals surface area contributed by atoms with Crippen LogP contribution in [0, 0.1) is 10.1 Å². The number of hydrogen-bond donors (Lipinski definition) is 1. The largest absolute Gasteiger partial charge is 0.480 e. The lowest BCUT2D eigenvalue weighted by Gasteiger charge is -2.24. The second-order valence-electron chi connectivity index (χ2n) is 3.89. The Bertz CT molecular complexity index is 544. The van der Waals surface area contributed by atoms with Crippen LogP contribution in [0.3, 0.4) is 0 Å². The van der Waals surface area contributed by atoms with E-state index in [9.17, 15) is 19.7 Å². The highest BCUT2D eigenvalue weighted by Crippen LogP contribution is 2.33. The van der Waals surface area contributed by atoms with Gasteiger partial charge in [-0.3, -0.25) is 14.9 Å². The van der Waals surface area contributed by atoms with E-state index in [0.29, 0.717) is 5.75 Å². The van der Waals surface area contributed by atoms with Gasteiger partial charge in [-0.25, -0.2) is 4.79 Å². The molecule has 1 aliphatic heterocycles. The van der Waals surface area contributed by atoms with E-state index < -0.39 is 22.8 Å². The predicted octanol–water partition coefficient (Wildman–Crippen LogP) is 1.64. The third-order valence-corrected chi connectivity index (χ3v) is 4.97. The molecule has 0 aromatic carbocycles. The zero-order valence-corrected chi connectivity index (χ0v) is 11.4. The molecule has 1 amide bonds. The molecule has 0 aliphatic carbocycles. The van der Waals surface area contributed by atoms with E-state index in [4.69, 9.17) is 5.11 Å². The first-order valence-corrected chi connectivity index (χ1v) is 7.19. The van der Waals surface area contributed by atoms with Crippen LogP contribution in [0.2, 0.25) is 0 Å². The van der Waals surface area contributed by atoms with Gasteiger partial charge in [-0.1, -0.05) is 11.3 Å². The van der Waals surface area contributed by atoms with E-state index in [0.717, 1.165) is 11.3 Å². The Labute approximate surface area is 116 Å². The maximum absolute atomic E-state index is 12.2. The molecule has 0 radical (unpaired) electrons. The van der Waals surface area contributed by atoms with Crippen molar-refractivity contribution in [1.82, 2.24) is 4.90 Å². The number of carbonyl (C=O) groups is 2. The summed E-state index contributed by atoms with van der Waals surface area (Å²) in [5.74, 6) is -1.20. The van der Waals surface area contributed by atoms with Crippen LogP contribution in [0.25, 0.3) is 0 Å². The molecule has 0 saturated carbocycles. The average molecular weight is 302 g/mol. The van der Waals surface area contributed by atoms with Crippen LogP contribution in [0.5, 0.6) is 0 Å². The highest BCUT2D eigenvalue weighted by atomic mass is 32.2. The molecule has 1 fully saturated rings. The van der Waals surface area contributed by atoms with Gasteiger partial charge in [0.15, 0.2) is 0 Å². The SMILES string of the molecule is CC1SCC(C(=O)O)N1C(=O)c1ccc([N+](=O)[O-])s1. The molecule has 19 heavy (non-hydrogen) atoms. The molecule has 9 heteroatoms. The fourth-order valence-corrected chi connectivity index (χ4v) is 3.74. The lowest BCUT2D eigenvalue weighted by Crippen LogP contribution is -2.44. The predicted molar refractivity (Wildman–Crippen MR) is 70.5 cm³/mol. The fourth-order valence-electron chi connectivity index (χ4n) is 1.81. The van der Waals surface area contributed by atoms with Crippen molar-refractivity contribution in [3.05, 3.63) is 27.1 Å². The first-order chi connectivity index (χ1) is 8.91. The van der Waals surface area contributed by atoms with E-state index in [1.54, 1.807) is 6.92 Å². The minimum absolute atomic E-state index is 0.130. The number of carboxylic acid groups (broad SMARTS) is 1. The van der Waals surface area contributed by atoms with E-state index in [1.165, 1.54) is 28.8 Å². The van der Waals surface area contributed by atoms with Crippen LogP contribution in [-0.2, 0) is 4.79 Å². The van der Waals surface area contributed by atoms with E-state index in [2.05, 4.69) is 0 Å². The van der Waals surface area contributed by atoms with E-state index in [1.807, 2.05) is 0 Å². The number of thiophene rings is 1. The van der Waals surface area contributed by atoms with Gasteiger partial charge in [0.2, 0.25) is 0 Å². The average Bonchev–Trinajstić information content (AvgIpc) is 2.94. The van der Waals surface area contributed by atoms with Crippen LogP contribution < -0.4 is 0 Å². The number of carbonyl (C=O) groups excluding carboxylic acids is 1. The normalized spacial score (nSPS) is 22.5. The molecule has 0 bridgehead atoms. The van der Waals surface area contributed by atoms with Crippen LogP contribution in [0.4, 0.5) is 5.00 Å². The molecule has 7 nitrogen and oxygen atoms in total. The summed E-state index contributed by atoms with van der Waals surface area (Å²) in [5.41, 5.74) is 0. The van der Waals surface area contributed by atoms with Crippen molar-refractivity contribution < 1.29 is 19.6 Å². The standard InChI is InChI=1S/C10H10N2O5S2/c1-5-11(6(4-18-5)10(14)15)9(13)7-2-3-8(19-7)12(16)17/h2-3,5-6H,4H2,1H3,(H,14,15). The quantitative estimate of drug-likeness (QED) is 0.673. The van der Waals surface area contributed by atoms with Crippen molar-refractivity contribution in [2.24, 2.45) is 0 Å². The second kappa shape index (κ2) is 5.17. The number of amides is 1. The van der Waals surface area contributed by atoms with Gasteiger partial charge in [0, 0.05) is 11.8 Å². The molecule has 2 unspecified atom stereocenters. The van der Waals surface area contributed by atoms with Crippen molar-refractivity contribution in [1.29, 1.82) is 0 Å². The Balaban J connectivity index is 2.26. The van der Waals surface area contributed by atoms with Crippen LogP contribution in [-0.4, -0.2) is 44.0 Å². The Morgan fingerprint density at radius 3 is 2.74 bits per heavy atom. The van der Waals surface area contributed by atoms with Gasteiger partial charge in [0.1, 0.15) is 6.04 Å². The van der Waals surface area contributed by atoms with Gasteiger partial charge in [0.05, 0.1) is 15.2 Å². The minimum Gasteiger partial charge on any atom is -0.480 e. The maximum atomic E-state index is 12.2. The minimum atomic E-state index is -1.06. The van der Waals surface area contributed by atoms with Gasteiger partial charge >= 0.3 is 11.0 Å². The molecule has 2 atom stereocenters. The number of thioether (sulfide) groups is 1. The summed E-state index contributed by atoms with van der Waals surface area (Å²) >= 11 is 2.13. The first kappa shape index (κ1) is 13.8. The van der Waals surface area contributed by atoms with Crippen LogP contribution in [0.15, 0.2) is 12.1 Å². The van der Waals surface area contributed by atoms with Gasteiger partial charge in [-0.2, -0.15) is 0 Å². The second-order valence-corrected chi connectivity index (χ2v) is 6.31. The lowest BCUT2D eigenvalue weighted by atomic mass is 10.2. The Kier molecular flexibility index (Phi) is 3.76. The van der Waals surface area contributed by atoms with Crippen LogP contribution >= 0.6 is 23.1 Å². The van der Waals surface area contributed by atoms with Gasteiger partial charge in [0.25, 0.3) is 5.91 Å². The first-order valence-electron chi connectivity index (χ1n) is 5.33. The van der Waals surface area contributed by atoms with E-state index in [-0.39, 0.29) is 15.3 Å². The number of carboxylic acids is 1. The summed E-state index contributed by atoms with van der Waals surface area (Å²) in [6, 6.07) is 1.73. The van der Waals surface area contributed by atoms with Crippen molar-refractivity contribution >= 4 is 40.0 Å². The number of nitrogens with zero attached hydrogens (tertiary/aromatic N) is 2. The summed E-state index contributed by atoms with van der Waals surface area (Å²) in [6.07, 6.45) is 0. The Morgan fingerprint density at radius 1 is 1.53 bits per heavy atom. The third kappa shape index (κ3) is 2.56. The third-order valence-electron chi connectivity index (χ3n) is 2.72. The molecule has 1 N–H and O–H groups in total. The zero-order valence-electron chi connectivity index (χ0n) is 9.81. The summed E-state index contributed by atoms with van der Waals surface area (Å²) in [7, 11) is 0.